The second-order valence-electron chi connectivity index (χ2n) is 4.65. The second-order valence-corrected chi connectivity index (χ2v) is 4.65. The minimum atomic E-state index is -0.608. The second kappa shape index (κ2) is 5.34. The molecule has 0 spiro atoms. The number of halogens is 2. The Morgan fingerprint density at radius 1 is 1.21 bits per heavy atom. The third kappa shape index (κ3) is 3.08. The van der Waals surface area contributed by atoms with Gasteiger partial charge in [0.1, 0.15) is 11.6 Å². The van der Waals surface area contributed by atoms with Crippen LogP contribution in [-0.4, -0.2) is 10.8 Å². The summed E-state index contributed by atoms with van der Waals surface area (Å²) in [6.45, 7) is 3.81. The van der Waals surface area contributed by atoms with Crippen molar-refractivity contribution in [2.24, 2.45) is 0 Å². The van der Waals surface area contributed by atoms with E-state index in [2.05, 4.69) is 4.98 Å². The Kier molecular flexibility index (Phi) is 3.79. The van der Waals surface area contributed by atoms with Crippen LogP contribution in [0.3, 0.4) is 0 Å². The molecule has 0 bridgehead atoms. The molecule has 0 fully saturated rings. The van der Waals surface area contributed by atoms with E-state index in [4.69, 9.17) is 0 Å². The van der Waals surface area contributed by atoms with E-state index in [1.807, 2.05) is 13.8 Å². The predicted molar refractivity (Wildman–Crippen MR) is 69.3 cm³/mol. The molecule has 0 saturated carbocycles. The number of aryl methyl sites for hydroxylation is 3. The minimum Gasteiger partial charge on any atom is -0.356 e. The molecule has 1 N–H and O–H groups in total. The summed E-state index contributed by atoms with van der Waals surface area (Å²) in [7, 11) is 0. The number of aromatic amines is 1. The molecule has 0 radical (unpaired) electrons. The first-order chi connectivity index (χ1) is 8.97. The molecular weight excluding hydrogens is 248 g/mol. The van der Waals surface area contributed by atoms with Gasteiger partial charge in [-0.3, -0.25) is 4.79 Å². The standard InChI is InChI=1S/C15H15F2NO/c1-9-7-14(18-10(9)2)15(19)6-4-11-3-5-12(16)8-13(11)17/h3,5,7-8,18H,4,6H2,1-2H3. The van der Waals surface area contributed by atoms with Crippen molar-refractivity contribution in [2.45, 2.75) is 26.7 Å². The molecule has 0 aliphatic carbocycles. The fraction of sp³-hybridized carbons (Fsp3) is 0.267. The van der Waals surface area contributed by atoms with E-state index in [9.17, 15) is 13.6 Å². The molecule has 2 aromatic rings. The molecule has 4 heteroatoms. The van der Waals surface area contributed by atoms with E-state index >= 15 is 0 Å². The topological polar surface area (TPSA) is 32.9 Å². The van der Waals surface area contributed by atoms with Crippen molar-refractivity contribution in [3.63, 3.8) is 0 Å². The number of rotatable bonds is 4. The summed E-state index contributed by atoms with van der Waals surface area (Å²) in [5.41, 5.74) is 2.87. The molecule has 1 heterocycles. The smallest absolute Gasteiger partial charge is 0.179 e. The Balaban J connectivity index is 2.04. The number of nitrogens with one attached hydrogen (secondary N) is 1. The van der Waals surface area contributed by atoms with Crippen molar-refractivity contribution in [1.82, 2.24) is 4.98 Å². The van der Waals surface area contributed by atoms with Gasteiger partial charge in [-0.05, 0) is 43.5 Å². The molecule has 1 aromatic carbocycles. The number of H-pyrrole nitrogens is 1. The van der Waals surface area contributed by atoms with Gasteiger partial charge in [0.15, 0.2) is 5.78 Å². The molecule has 2 nitrogen and oxygen atoms in total. The maximum absolute atomic E-state index is 13.4. The molecule has 1 aromatic heterocycles. The fourth-order valence-electron chi connectivity index (χ4n) is 1.92. The van der Waals surface area contributed by atoms with E-state index in [1.165, 1.54) is 12.1 Å². The van der Waals surface area contributed by atoms with Crippen LogP contribution in [0.5, 0.6) is 0 Å². The third-order valence-corrected chi connectivity index (χ3v) is 3.21. The van der Waals surface area contributed by atoms with Crippen molar-refractivity contribution < 1.29 is 13.6 Å². The molecule has 0 unspecified atom stereocenters. The first-order valence-corrected chi connectivity index (χ1v) is 6.10. The lowest BCUT2D eigenvalue weighted by Crippen LogP contribution is -2.03. The van der Waals surface area contributed by atoms with E-state index in [0.29, 0.717) is 11.3 Å². The van der Waals surface area contributed by atoms with Gasteiger partial charge in [-0.15, -0.1) is 0 Å². The van der Waals surface area contributed by atoms with Gasteiger partial charge in [0.2, 0.25) is 0 Å². The van der Waals surface area contributed by atoms with Crippen molar-refractivity contribution in [3.8, 4) is 0 Å². The van der Waals surface area contributed by atoms with E-state index in [1.54, 1.807) is 6.07 Å². The normalized spacial score (nSPS) is 10.7. The number of carbonyl (C=O) groups excluding carboxylic acids is 1. The van der Waals surface area contributed by atoms with Crippen LogP contribution < -0.4 is 0 Å². The van der Waals surface area contributed by atoms with Crippen LogP contribution in [0.2, 0.25) is 0 Å². The first-order valence-electron chi connectivity index (χ1n) is 6.10. The number of benzene rings is 1. The summed E-state index contributed by atoms with van der Waals surface area (Å²) in [6.07, 6.45) is 0.462. The molecule has 0 saturated heterocycles. The average molecular weight is 263 g/mol. The van der Waals surface area contributed by atoms with Gasteiger partial charge in [-0.25, -0.2) is 8.78 Å². The molecule has 0 amide bonds. The molecule has 19 heavy (non-hydrogen) atoms. The Hall–Kier alpha value is -1.97. The van der Waals surface area contributed by atoms with Gasteiger partial charge < -0.3 is 4.98 Å². The van der Waals surface area contributed by atoms with Crippen molar-refractivity contribution in [2.75, 3.05) is 0 Å². The lowest BCUT2D eigenvalue weighted by Gasteiger charge is -2.02. The molecule has 0 atom stereocenters. The van der Waals surface area contributed by atoms with E-state index in [0.717, 1.165) is 17.3 Å². The van der Waals surface area contributed by atoms with Crippen LogP contribution >= 0.6 is 0 Å². The lowest BCUT2D eigenvalue weighted by atomic mass is 10.1. The van der Waals surface area contributed by atoms with Crippen LogP contribution in [0.1, 0.15) is 33.7 Å². The summed E-state index contributed by atoms with van der Waals surface area (Å²) in [4.78, 5) is 14.9. The van der Waals surface area contributed by atoms with Gasteiger partial charge in [0.05, 0.1) is 5.69 Å². The zero-order valence-corrected chi connectivity index (χ0v) is 10.9. The van der Waals surface area contributed by atoms with Gasteiger partial charge in [0.25, 0.3) is 0 Å². The quantitative estimate of drug-likeness (QED) is 0.838. The maximum Gasteiger partial charge on any atom is 0.179 e. The summed E-state index contributed by atoms with van der Waals surface area (Å²) in [5, 5.41) is 0. The monoisotopic (exact) mass is 263 g/mol. The highest BCUT2D eigenvalue weighted by Crippen LogP contribution is 2.15. The maximum atomic E-state index is 13.4. The highest BCUT2D eigenvalue weighted by Gasteiger charge is 2.11. The number of hydrogen-bond donors (Lipinski definition) is 1. The zero-order valence-electron chi connectivity index (χ0n) is 10.9. The van der Waals surface area contributed by atoms with Gasteiger partial charge >= 0.3 is 0 Å². The molecule has 100 valence electrons. The number of carbonyl (C=O) groups is 1. The van der Waals surface area contributed by atoms with Crippen LogP contribution in [-0.2, 0) is 6.42 Å². The summed E-state index contributed by atoms with van der Waals surface area (Å²) in [5.74, 6) is -1.28. The number of Topliss-reactive ketones (excluding diaryl/α,β-unsaturated/α-hetero) is 1. The van der Waals surface area contributed by atoms with Crippen LogP contribution in [0.15, 0.2) is 24.3 Å². The number of ketones is 1. The molecule has 2 rings (SSSR count). The Morgan fingerprint density at radius 2 is 1.95 bits per heavy atom. The summed E-state index contributed by atoms with van der Waals surface area (Å²) < 4.78 is 26.2. The fourth-order valence-corrected chi connectivity index (χ4v) is 1.92. The zero-order chi connectivity index (χ0) is 14.0. The minimum absolute atomic E-state index is 0.0695. The molecule has 0 aliphatic rings. The van der Waals surface area contributed by atoms with Crippen LogP contribution in [0.25, 0.3) is 0 Å². The first kappa shape index (κ1) is 13.5. The highest BCUT2D eigenvalue weighted by molar-refractivity contribution is 5.94. The third-order valence-electron chi connectivity index (χ3n) is 3.21. The Bertz CT molecular complexity index is 597. The highest BCUT2D eigenvalue weighted by atomic mass is 19.1. The largest absolute Gasteiger partial charge is 0.356 e. The summed E-state index contributed by atoms with van der Waals surface area (Å²) >= 11 is 0. The van der Waals surface area contributed by atoms with E-state index < -0.39 is 11.6 Å². The van der Waals surface area contributed by atoms with Crippen molar-refractivity contribution in [3.05, 3.63) is 58.4 Å². The molecular formula is C15H15F2NO. The average Bonchev–Trinajstić information content (AvgIpc) is 2.68. The molecule has 0 aliphatic heterocycles. The predicted octanol–water partition coefficient (Wildman–Crippen LogP) is 3.73. The summed E-state index contributed by atoms with van der Waals surface area (Å²) in [6, 6.07) is 5.20. The van der Waals surface area contributed by atoms with Crippen LogP contribution in [0.4, 0.5) is 8.78 Å². The SMILES string of the molecule is Cc1cc(C(=O)CCc2ccc(F)cc2F)[nH]c1C. The van der Waals surface area contributed by atoms with Crippen molar-refractivity contribution >= 4 is 5.78 Å². The van der Waals surface area contributed by atoms with E-state index in [-0.39, 0.29) is 18.6 Å². The number of aromatic nitrogens is 1. The number of hydrogen-bond acceptors (Lipinski definition) is 1. The Morgan fingerprint density at radius 3 is 2.53 bits per heavy atom. The van der Waals surface area contributed by atoms with Crippen LogP contribution in [0, 0.1) is 25.5 Å². The lowest BCUT2D eigenvalue weighted by molar-refractivity contribution is 0.0978. The Labute approximate surface area is 110 Å². The van der Waals surface area contributed by atoms with Gasteiger partial charge in [-0.2, -0.15) is 0 Å². The van der Waals surface area contributed by atoms with Gasteiger partial charge in [-0.1, -0.05) is 6.07 Å². The van der Waals surface area contributed by atoms with Crippen molar-refractivity contribution in [1.29, 1.82) is 0 Å². The van der Waals surface area contributed by atoms with Gasteiger partial charge in [0, 0.05) is 18.2 Å².